The predicted octanol–water partition coefficient (Wildman–Crippen LogP) is 3.18. The summed E-state index contributed by atoms with van der Waals surface area (Å²) in [7, 11) is 0. The molecule has 0 saturated heterocycles. The average molecular weight is 246 g/mol. The van der Waals surface area contributed by atoms with E-state index in [2.05, 4.69) is 10.2 Å². The summed E-state index contributed by atoms with van der Waals surface area (Å²) in [6.07, 6.45) is 3.44. The maximum atomic E-state index is 5.88. The van der Waals surface area contributed by atoms with Gasteiger partial charge in [0.25, 0.3) is 0 Å². The van der Waals surface area contributed by atoms with Crippen molar-refractivity contribution in [2.24, 2.45) is 0 Å². The quantitative estimate of drug-likeness (QED) is 0.696. The van der Waals surface area contributed by atoms with Gasteiger partial charge in [0.2, 0.25) is 0 Å². The van der Waals surface area contributed by atoms with Crippen molar-refractivity contribution in [2.45, 2.75) is 0 Å². The summed E-state index contributed by atoms with van der Waals surface area (Å²) in [6.45, 7) is 0. The lowest BCUT2D eigenvalue weighted by Crippen LogP contribution is -1.88. The van der Waals surface area contributed by atoms with E-state index in [0.29, 0.717) is 16.5 Å². The van der Waals surface area contributed by atoms with E-state index in [1.165, 1.54) is 0 Å². The van der Waals surface area contributed by atoms with Crippen LogP contribution in [0.4, 0.5) is 0 Å². The van der Waals surface area contributed by atoms with Crippen molar-refractivity contribution >= 4 is 17.2 Å². The minimum Gasteiger partial charge on any atom is -0.456 e. The average Bonchev–Trinajstić information content (AvgIpc) is 2.76. The van der Waals surface area contributed by atoms with Gasteiger partial charge in [-0.15, -0.1) is 10.2 Å². The third-order valence-electron chi connectivity index (χ3n) is 2.30. The van der Waals surface area contributed by atoms with Crippen LogP contribution in [0.1, 0.15) is 0 Å². The summed E-state index contributed by atoms with van der Waals surface area (Å²) >= 11 is 5.88. The van der Waals surface area contributed by atoms with Gasteiger partial charge in [0, 0.05) is 5.02 Å². The number of rotatable bonds is 2. The molecule has 2 heterocycles. The fraction of sp³-hybridized carbons (Fsp3) is 0. The van der Waals surface area contributed by atoms with E-state index in [4.69, 9.17) is 16.3 Å². The Balaban J connectivity index is 1.94. The first-order valence-corrected chi connectivity index (χ1v) is 5.42. The first-order chi connectivity index (χ1) is 8.31. The standard InChI is InChI=1S/C12H8ClN3O/c13-9-2-1-3-10(6-9)17-11-4-5-12-15-14-8-16(12)7-11/h1-8H. The molecule has 0 aliphatic carbocycles. The second kappa shape index (κ2) is 4.07. The van der Waals surface area contributed by atoms with Gasteiger partial charge in [-0.1, -0.05) is 17.7 Å². The van der Waals surface area contributed by atoms with Gasteiger partial charge < -0.3 is 4.74 Å². The molecule has 5 heteroatoms. The van der Waals surface area contributed by atoms with E-state index in [1.807, 2.05) is 30.5 Å². The van der Waals surface area contributed by atoms with Gasteiger partial charge >= 0.3 is 0 Å². The number of benzene rings is 1. The zero-order valence-electron chi connectivity index (χ0n) is 8.75. The topological polar surface area (TPSA) is 39.4 Å². The second-order valence-electron chi connectivity index (χ2n) is 3.52. The first kappa shape index (κ1) is 10.1. The maximum Gasteiger partial charge on any atom is 0.160 e. The van der Waals surface area contributed by atoms with Crippen LogP contribution in [-0.4, -0.2) is 14.6 Å². The van der Waals surface area contributed by atoms with Gasteiger partial charge in [-0.3, -0.25) is 4.40 Å². The Morgan fingerprint density at radius 3 is 2.94 bits per heavy atom. The molecule has 0 radical (unpaired) electrons. The minimum absolute atomic E-state index is 0.646. The largest absolute Gasteiger partial charge is 0.456 e. The lowest BCUT2D eigenvalue weighted by atomic mass is 10.3. The molecule has 0 bridgehead atoms. The van der Waals surface area contributed by atoms with E-state index in [-0.39, 0.29) is 0 Å². The molecule has 0 unspecified atom stereocenters. The third kappa shape index (κ3) is 2.07. The Morgan fingerprint density at radius 2 is 2.06 bits per heavy atom. The van der Waals surface area contributed by atoms with Gasteiger partial charge in [0.1, 0.15) is 17.8 Å². The Labute approximate surface area is 102 Å². The number of nitrogens with zero attached hydrogens (tertiary/aromatic N) is 3. The normalized spacial score (nSPS) is 10.6. The summed E-state index contributed by atoms with van der Waals surface area (Å²) in [5.41, 5.74) is 0.781. The molecule has 0 spiro atoms. The van der Waals surface area contributed by atoms with Gasteiger partial charge in [-0.25, -0.2) is 0 Å². The van der Waals surface area contributed by atoms with Crippen LogP contribution >= 0.6 is 11.6 Å². The molecule has 3 rings (SSSR count). The Bertz CT molecular complexity index is 665. The zero-order valence-corrected chi connectivity index (χ0v) is 9.50. The van der Waals surface area contributed by atoms with E-state index in [9.17, 15) is 0 Å². The zero-order chi connectivity index (χ0) is 11.7. The van der Waals surface area contributed by atoms with Crippen LogP contribution in [0, 0.1) is 0 Å². The Morgan fingerprint density at radius 1 is 1.12 bits per heavy atom. The predicted molar refractivity (Wildman–Crippen MR) is 64.5 cm³/mol. The molecule has 0 amide bonds. The molecule has 84 valence electrons. The number of aromatic nitrogens is 3. The molecule has 0 saturated carbocycles. The Hall–Kier alpha value is -2.07. The summed E-state index contributed by atoms with van der Waals surface area (Å²) in [4.78, 5) is 0. The van der Waals surface area contributed by atoms with E-state index >= 15 is 0 Å². The highest BCUT2D eigenvalue weighted by molar-refractivity contribution is 6.30. The second-order valence-corrected chi connectivity index (χ2v) is 3.96. The number of halogens is 1. The molecule has 2 aromatic heterocycles. The van der Waals surface area contributed by atoms with Crippen molar-refractivity contribution in [3.8, 4) is 11.5 Å². The van der Waals surface area contributed by atoms with Crippen molar-refractivity contribution in [1.82, 2.24) is 14.6 Å². The lowest BCUT2D eigenvalue weighted by molar-refractivity contribution is 0.479. The molecule has 4 nitrogen and oxygen atoms in total. The summed E-state index contributed by atoms with van der Waals surface area (Å²) in [6, 6.07) is 10.9. The van der Waals surface area contributed by atoms with Crippen LogP contribution in [0.3, 0.4) is 0 Å². The van der Waals surface area contributed by atoms with Gasteiger partial charge in [-0.05, 0) is 30.3 Å². The van der Waals surface area contributed by atoms with Crippen LogP contribution in [0.2, 0.25) is 5.02 Å². The van der Waals surface area contributed by atoms with E-state index in [0.717, 1.165) is 5.65 Å². The van der Waals surface area contributed by atoms with Crippen molar-refractivity contribution in [3.63, 3.8) is 0 Å². The number of hydrogen-bond acceptors (Lipinski definition) is 3. The number of pyridine rings is 1. The molecule has 0 fully saturated rings. The van der Waals surface area contributed by atoms with Gasteiger partial charge in [0.05, 0.1) is 6.20 Å². The molecule has 17 heavy (non-hydrogen) atoms. The molecular weight excluding hydrogens is 238 g/mol. The summed E-state index contributed by atoms with van der Waals surface area (Å²) in [5.74, 6) is 1.41. The van der Waals surface area contributed by atoms with Crippen LogP contribution in [-0.2, 0) is 0 Å². The molecule has 3 aromatic rings. The smallest absolute Gasteiger partial charge is 0.160 e. The van der Waals surface area contributed by atoms with Gasteiger partial charge in [0.15, 0.2) is 5.65 Å². The van der Waals surface area contributed by atoms with Crippen LogP contribution in [0.15, 0.2) is 48.9 Å². The highest BCUT2D eigenvalue weighted by atomic mass is 35.5. The third-order valence-corrected chi connectivity index (χ3v) is 2.53. The first-order valence-electron chi connectivity index (χ1n) is 5.04. The van der Waals surface area contributed by atoms with Crippen LogP contribution < -0.4 is 4.74 Å². The Kier molecular flexibility index (Phi) is 2.42. The van der Waals surface area contributed by atoms with Gasteiger partial charge in [-0.2, -0.15) is 0 Å². The molecule has 0 N–H and O–H groups in total. The number of fused-ring (bicyclic) bond motifs is 1. The van der Waals surface area contributed by atoms with E-state index in [1.54, 1.807) is 22.9 Å². The highest BCUT2D eigenvalue weighted by Crippen LogP contribution is 2.23. The summed E-state index contributed by atoms with van der Waals surface area (Å²) < 4.78 is 7.47. The van der Waals surface area contributed by atoms with Crippen LogP contribution in [0.5, 0.6) is 11.5 Å². The molecule has 0 aliphatic heterocycles. The highest BCUT2D eigenvalue weighted by Gasteiger charge is 2.00. The molecule has 1 aromatic carbocycles. The molecular formula is C12H8ClN3O. The van der Waals surface area contributed by atoms with Crippen molar-refractivity contribution in [3.05, 3.63) is 53.9 Å². The SMILES string of the molecule is Clc1cccc(Oc2ccc3nncn3c2)c1. The number of hydrogen-bond donors (Lipinski definition) is 0. The lowest BCUT2D eigenvalue weighted by Gasteiger charge is -2.05. The molecule has 0 atom stereocenters. The van der Waals surface area contributed by atoms with Crippen LogP contribution in [0.25, 0.3) is 5.65 Å². The van der Waals surface area contributed by atoms with E-state index < -0.39 is 0 Å². The maximum absolute atomic E-state index is 5.88. The van der Waals surface area contributed by atoms with Crippen molar-refractivity contribution in [2.75, 3.05) is 0 Å². The monoisotopic (exact) mass is 245 g/mol. The summed E-state index contributed by atoms with van der Waals surface area (Å²) in [5, 5.41) is 8.36. The number of ether oxygens (including phenoxy) is 1. The van der Waals surface area contributed by atoms with Crippen molar-refractivity contribution in [1.29, 1.82) is 0 Å². The molecule has 0 aliphatic rings. The fourth-order valence-electron chi connectivity index (χ4n) is 1.53. The van der Waals surface area contributed by atoms with Crippen molar-refractivity contribution < 1.29 is 4.74 Å². The minimum atomic E-state index is 0.646. The fourth-order valence-corrected chi connectivity index (χ4v) is 1.71.